The minimum atomic E-state index is -0.566. The van der Waals surface area contributed by atoms with E-state index in [1.54, 1.807) is 22.6 Å². The number of benzene rings is 3. The standard InChI is InChI=1S/C18H13I/c19-18-16(14-8-3-1-4-9-14)12-7-13-17(18)15-10-5-2-6-11-15/h1-13H/i1D,3D,4D,5D,7D,8D,9D,10D,12D,13D. The third-order valence-electron chi connectivity index (χ3n) is 2.48. The molecule has 0 N–H and O–H groups in total. The molecule has 0 aliphatic rings. The molecule has 0 radical (unpaired) electrons. The van der Waals surface area contributed by atoms with Crippen LogP contribution in [0.4, 0.5) is 0 Å². The summed E-state index contributed by atoms with van der Waals surface area (Å²) in [7, 11) is 0. The monoisotopic (exact) mass is 366 g/mol. The van der Waals surface area contributed by atoms with Gasteiger partial charge in [-0.1, -0.05) is 78.6 Å². The SMILES string of the molecule is [2H]c1cccc(-c2c([2H])c([2H])c([2H])c(-c3c([2H])c([2H])c([2H])c([2H])c3[2H])c2I)c1[2H]. The molecule has 0 amide bonds. The van der Waals surface area contributed by atoms with Crippen LogP contribution in [0.5, 0.6) is 0 Å². The Hall–Kier alpha value is -1.61. The van der Waals surface area contributed by atoms with Crippen LogP contribution in [0.25, 0.3) is 22.3 Å². The van der Waals surface area contributed by atoms with Crippen LogP contribution < -0.4 is 0 Å². The molecule has 0 bridgehead atoms. The molecular weight excluding hydrogens is 343 g/mol. The fourth-order valence-electron chi connectivity index (χ4n) is 1.62. The van der Waals surface area contributed by atoms with E-state index in [0.717, 1.165) is 0 Å². The molecule has 1 heteroatoms. The molecule has 3 aromatic rings. The first kappa shape index (κ1) is 5.41. The molecule has 0 heterocycles. The summed E-state index contributed by atoms with van der Waals surface area (Å²) >= 11 is 1.81. The third kappa shape index (κ3) is 2.56. The third-order valence-corrected chi connectivity index (χ3v) is 3.56. The van der Waals surface area contributed by atoms with Gasteiger partial charge in [0.05, 0.1) is 13.7 Å². The van der Waals surface area contributed by atoms with E-state index in [1.807, 2.05) is 0 Å². The summed E-state index contributed by atoms with van der Waals surface area (Å²) in [6.07, 6.45) is 0. The first-order valence-corrected chi connectivity index (χ1v) is 6.51. The second-order valence-corrected chi connectivity index (χ2v) is 4.73. The molecule has 0 aliphatic carbocycles. The Morgan fingerprint density at radius 3 is 2.16 bits per heavy atom. The predicted octanol–water partition coefficient (Wildman–Crippen LogP) is 5.63. The second-order valence-electron chi connectivity index (χ2n) is 3.65. The van der Waals surface area contributed by atoms with Crippen molar-refractivity contribution in [1.29, 1.82) is 0 Å². The molecule has 0 spiro atoms. The highest BCUT2D eigenvalue weighted by molar-refractivity contribution is 14.1. The Kier molecular flexibility index (Phi) is 1.59. The average Bonchev–Trinajstić information content (AvgIpc) is 2.69. The summed E-state index contributed by atoms with van der Waals surface area (Å²) in [6.45, 7) is 0. The van der Waals surface area contributed by atoms with Crippen LogP contribution in [0.1, 0.15) is 13.7 Å². The number of hydrogen-bond donors (Lipinski definition) is 0. The summed E-state index contributed by atoms with van der Waals surface area (Å²) in [5, 5.41) is 0. The number of hydrogen-bond acceptors (Lipinski definition) is 0. The molecule has 0 fully saturated rings. The summed E-state index contributed by atoms with van der Waals surface area (Å²) in [4.78, 5) is 0. The molecule has 3 rings (SSSR count). The predicted molar refractivity (Wildman–Crippen MR) is 90.0 cm³/mol. The van der Waals surface area contributed by atoms with Gasteiger partial charge in [-0.25, -0.2) is 0 Å². The second kappa shape index (κ2) is 5.57. The Balaban J connectivity index is 2.52. The van der Waals surface area contributed by atoms with E-state index in [9.17, 15) is 0 Å². The van der Waals surface area contributed by atoms with Crippen molar-refractivity contribution in [2.45, 2.75) is 0 Å². The van der Waals surface area contributed by atoms with Crippen molar-refractivity contribution in [3.63, 3.8) is 0 Å². The van der Waals surface area contributed by atoms with Crippen LogP contribution in [-0.2, 0) is 0 Å². The van der Waals surface area contributed by atoms with Gasteiger partial charge in [0.1, 0.15) is 0 Å². The van der Waals surface area contributed by atoms with Crippen molar-refractivity contribution in [2.75, 3.05) is 0 Å². The van der Waals surface area contributed by atoms with Crippen molar-refractivity contribution in [2.24, 2.45) is 0 Å². The highest BCUT2D eigenvalue weighted by Gasteiger charge is 2.08. The number of rotatable bonds is 2. The lowest BCUT2D eigenvalue weighted by molar-refractivity contribution is 1.55. The van der Waals surface area contributed by atoms with Gasteiger partial charge in [-0.2, -0.15) is 0 Å². The van der Waals surface area contributed by atoms with Crippen LogP contribution in [0.15, 0.2) is 78.6 Å². The van der Waals surface area contributed by atoms with Crippen molar-refractivity contribution < 1.29 is 13.7 Å². The number of halogens is 1. The highest BCUT2D eigenvalue weighted by atomic mass is 127. The molecule has 0 saturated carbocycles. The molecular formula is C18H13I. The minimum Gasteiger partial charge on any atom is -0.0622 e. The Bertz CT molecular complexity index is 1140. The molecule has 0 aromatic heterocycles. The lowest BCUT2D eigenvalue weighted by Crippen LogP contribution is -1.87. The van der Waals surface area contributed by atoms with Crippen LogP contribution in [-0.4, -0.2) is 0 Å². The van der Waals surface area contributed by atoms with Crippen LogP contribution in [0, 0.1) is 3.57 Å². The van der Waals surface area contributed by atoms with E-state index in [2.05, 4.69) is 0 Å². The molecule has 0 nitrogen and oxygen atoms in total. The van der Waals surface area contributed by atoms with Gasteiger partial charge >= 0.3 is 0 Å². The summed E-state index contributed by atoms with van der Waals surface area (Å²) in [6, 6.07) is 0.272. The largest absolute Gasteiger partial charge is 0.0630 e. The molecule has 0 saturated heterocycles. The zero-order chi connectivity index (χ0) is 21.8. The van der Waals surface area contributed by atoms with E-state index in [0.29, 0.717) is 0 Å². The van der Waals surface area contributed by atoms with Crippen LogP contribution >= 0.6 is 22.6 Å². The minimum absolute atomic E-state index is 0.0617. The topological polar surface area (TPSA) is 0 Å². The normalized spacial score (nSPS) is 17.7. The van der Waals surface area contributed by atoms with Gasteiger partial charge in [-0.15, -0.1) is 0 Å². The fraction of sp³-hybridized carbons (Fsp3) is 0. The van der Waals surface area contributed by atoms with Crippen molar-refractivity contribution in [3.05, 3.63) is 82.2 Å². The molecule has 0 aliphatic heterocycles. The fourth-order valence-corrected chi connectivity index (χ4v) is 2.45. The molecule has 3 aromatic carbocycles. The van der Waals surface area contributed by atoms with Crippen molar-refractivity contribution >= 4 is 22.6 Å². The zero-order valence-electron chi connectivity index (χ0n) is 19.6. The van der Waals surface area contributed by atoms with Gasteiger partial charge in [0.25, 0.3) is 0 Å². The summed E-state index contributed by atoms with van der Waals surface area (Å²) in [5.41, 5.74) is 0.0311. The van der Waals surface area contributed by atoms with E-state index >= 15 is 0 Å². The van der Waals surface area contributed by atoms with Crippen LogP contribution in [0.2, 0.25) is 0 Å². The summed E-state index contributed by atoms with van der Waals surface area (Å²) in [5.74, 6) is 0. The van der Waals surface area contributed by atoms with Crippen LogP contribution in [0.3, 0.4) is 0 Å². The average molecular weight is 366 g/mol. The Morgan fingerprint density at radius 2 is 1.37 bits per heavy atom. The smallest absolute Gasteiger partial charge is 0.0622 e. The Morgan fingerprint density at radius 1 is 0.684 bits per heavy atom. The van der Waals surface area contributed by atoms with Gasteiger partial charge in [0.15, 0.2) is 0 Å². The van der Waals surface area contributed by atoms with E-state index in [4.69, 9.17) is 13.7 Å². The molecule has 92 valence electrons. The highest BCUT2D eigenvalue weighted by Crippen LogP contribution is 2.33. The van der Waals surface area contributed by atoms with Gasteiger partial charge < -0.3 is 0 Å². The first-order chi connectivity index (χ1) is 13.5. The molecule has 0 unspecified atom stereocenters. The maximum atomic E-state index is 8.33. The molecule has 0 atom stereocenters. The quantitative estimate of drug-likeness (QED) is 0.516. The van der Waals surface area contributed by atoms with Gasteiger partial charge in [-0.3, -0.25) is 0 Å². The first-order valence-electron chi connectivity index (χ1n) is 10.4. The van der Waals surface area contributed by atoms with E-state index in [1.165, 1.54) is 18.2 Å². The summed E-state index contributed by atoms with van der Waals surface area (Å²) < 4.78 is 81.0. The van der Waals surface area contributed by atoms with Gasteiger partial charge in [0, 0.05) is 3.57 Å². The maximum Gasteiger partial charge on any atom is 0.0630 e. The Labute approximate surface area is 141 Å². The van der Waals surface area contributed by atoms with Gasteiger partial charge in [0.2, 0.25) is 0 Å². The lowest BCUT2D eigenvalue weighted by atomic mass is 9.99. The van der Waals surface area contributed by atoms with E-state index < -0.39 is 42.3 Å². The molecule has 19 heavy (non-hydrogen) atoms. The maximum absolute atomic E-state index is 8.33. The lowest BCUT2D eigenvalue weighted by Gasteiger charge is -2.10. The van der Waals surface area contributed by atoms with Crippen molar-refractivity contribution in [1.82, 2.24) is 0 Å². The van der Waals surface area contributed by atoms with E-state index in [-0.39, 0.29) is 44.0 Å². The zero-order valence-corrected chi connectivity index (χ0v) is 11.8. The van der Waals surface area contributed by atoms with Gasteiger partial charge in [-0.05, 0) is 44.8 Å². The van der Waals surface area contributed by atoms with Crippen molar-refractivity contribution in [3.8, 4) is 22.3 Å².